The first kappa shape index (κ1) is 14.1. The van der Waals surface area contributed by atoms with Crippen LogP contribution in [0.5, 0.6) is 0 Å². The highest BCUT2D eigenvalue weighted by atomic mass is 35.5. The molecule has 2 aromatic carbocycles. The van der Waals surface area contributed by atoms with Crippen molar-refractivity contribution in [2.24, 2.45) is 0 Å². The van der Waals surface area contributed by atoms with E-state index in [1.807, 2.05) is 6.92 Å². The molecule has 0 amide bonds. The molecule has 0 saturated heterocycles. The van der Waals surface area contributed by atoms with Crippen LogP contribution in [0.3, 0.4) is 0 Å². The highest BCUT2D eigenvalue weighted by molar-refractivity contribution is 6.31. The van der Waals surface area contributed by atoms with Gasteiger partial charge in [0.2, 0.25) is 0 Å². The number of hydrogen-bond donors (Lipinski definition) is 1. The highest BCUT2D eigenvalue weighted by Crippen LogP contribution is 2.25. The van der Waals surface area contributed by atoms with Crippen molar-refractivity contribution in [2.75, 3.05) is 5.32 Å². The summed E-state index contributed by atoms with van der Waals surface area (Å²) >= 11 is 11.3. The van der Waals surface area contributed by atoms with E-state index in [4.69, 9.17) is 23.2 Å². The monoisotopic (exact) mass is 301 g/mol. The maximum absolute atomic E-state index is 13.4. The fourth-order valence-corrected chi connectivity index (χ4v) is 2.00. The van der Waals surface area contributed by atoms with Gasteiger partial charge in [0.15, 0.2) is 0 Å². The zero-order valence-corrected chi connectivity index (χ0v) is 11.6. The molecular formula is C14H11Cl2F2N. The van der Waals surface area contributed by atoms with E-state index in [0.717, 1.165) is 5.56 Å². The summed E-state index contributed by atoms with van der Waals surface area (Å²) in [5.74, 6) is -0.942. The van der Waals surface area contributed by atoms with Crippen molar-refractivity contribution in [1.29, 1.82) is 0 Å². The molecule has 0 fully saturated rings. The maximum atomic E-state index is 13.4. The Morgan fingerprint density at radius 2 is 1.68 bits per heavy atom. The second kappa shape index (κ2) is 5.76. The fraction of sp³-hybridized carbons (Fsp3) is 0.143. The Labute approximate surface area is 120 Å². The lowest BCUT2D eigenvalue weighted by Gasteiger charge is -2.16. The Morgan fingerprint density at radius 1 is 0.947 bits per heavy atom. The van der Waals surface area contributed by atoms with Crippen molar-refractivity contribution < 1.29 is 8.78 Å². The van der Waals surface area contributed by atoms with Crippen LogP contribution < -0.4 is 5.32 Å². The molecule has 19 heavy (non-hydrogen) atoms. The molecule has 0 saturated carbocycles. The van der Waals surface area contributed by atoms with E-state index >= 15 is 0 Å². The standard InChI is InChI=1S/C14H11Cl2F2N/c1-8(9-2-4-11(15)14(18)6-9)19-10-3-5-13(17)12(16)7-10/h2-8,19H,1H3. The first-order chi connectivity index (χ1) is 8.97. The van der Waals surface area contributed by atoms with Crippen molar-refractivity contribution in [2.45, 2.75) is 13.0 Å². The van der Waals surface area contributed by atoms with E-state index in [1.54, 1.807) is 12.1 Å². The van der Waals surface area contributed by atoms with Crippen molar-refractivity contribution in [3.8, 4) is 0 Å². The summed E-state index contributed by atoms with van der Waals surface area (Å²) < 4.78 is 26.4. The molecule has 2 rings (SSSR count). The van der Waals surface area contributed by atoms with Crippen LogP contribution in [-0.2, 0) is 0 Å². The summed E-state index contributed by atoms with van der Waals surface area (Å²) in [5, 5.41) is 3.24. The van der Waals surface area contributed by atoms with Gasteiger partial charge in [0.1, 0.15) is 11.6 Å². The third kappa shape index (κ3) is 3.37. The van der Waals surface area contributed by atoms with Crippen molar-refractivity contribution in [3.63, 3.8) is 0 Å². The third-order valence-electron chi connectivity index (χ3n) is 2.75. The molecule has 0 heterocycles. The largest absolute Gasteiger partial charge is 0.378 e. The average Bonchev–Trinajstić information content (AvgIpc) is 2.37. The van der Waals surface area contributed by atoms with Crippen LogP contribution in [-0.4, -0.2) is 0 Å². The van der Waals surface area contributed by atoms with Gasteiger partial charge in [0.05, 0.1) is 10.0 Å². The minimum atomic E-state index is -0.475. The molecule has 0 bridgehead atoms. The number of hydrogen-bond acceptors (Lipinski definition) is 1. The van der Waals surface area contributed by atoms with Gasteiger partial charge in [-0.2, -0.15) is 0 Å². The third-order valence-corrected chi connectivity index (χ3v) is 3.34. The molecule has 2 aromatic rings. The van der Waals surface area contributed by atoms with E-state index in [-0.39, 0.29) is 16.1 Å². The molecule has 0 aliphatic rings. The minimum absolute atomic E-state index is 0.0412. The van der Waals surface area contributed by atoms with E-state index in [0.29, 0.717) is 5.69 Å². The van der Waals surface area contributed by atoms with Crippen molar-refractivity contribution in [1.82, 2.24) is 0 Å². The average molecular weight is 302 g/mol. The Hall–Kier alpha value is -1.32. The van der Waals surface area contributed by atoms with Crippen LogP contribution >= 0.6 is 23.2 Å². The Morgan fingerprint density at radius 3 is 2.32 bits per heavy atom. The number of halogens is 4. The van der Waals surface area contributed by atoms with Crippen LogP contribution in [0.15, 0.2) is 36.4 Å². The number of nitrogens with one attached hydrogen (secondary N) is 1. The molecular weight excluding hydrogens is 291 g/mol. The normalized spacial score (nSPS) is 12.3. The number of rotatable bonds is 3. The molecule has 1 unspecified atom stereocenters. The summed E-state index contributed by atoms with van der Waals surface area (Å²) in [4.78, 5) is 0. The van der Waals surface area contributed by atoms with E-state index < -0.39 is 11.6 Å². The van der Waals surface area contributed by atoms with Gasteiger partial charge in [0, 0.05) is 11.7 Å². The summed E-state index contributed by atoms with van der Waals surface area (Å²) in [6.07, 6.45) is 0. The molecule has 1 nitrogen and oxygen atoms in total. The minimum Gasteiger partial charge on any atom is -0.378 e. The van der Waals surface area contributed by atoms with Crippen molar-refractivity contribution in [3.05, 3.63) is 63.6 Å². The smallest absolute Gasteiger partial charge is 0.142 e. The van der Waals surface area contributed by atoms with Crippen LogP contribution in [0.4, 0.5) is 14.5 Å². The Kier molecular flexibility index (Phi) is 4.27. The topological polar surface area (TPSA) is 12.0 Å². The lowest BCUT2D eigenvalue weighted by Crippen LogP contribution is -2.07. The maximum Gasteiger partial charge on any atom is 0.142 e. The lowest BCUT2D eigenvalue weighted by atomic mass is 10.1. The van der Waals surface area contributed by atoms with Crippen LogP contribution in [0, 0.1) is 11.6 Å². The second-order valence-corrected chi connectivity index (χ2v) is 4.98. The molecule has 0 aliphatic heterocycles. The van der Waals surface area contributed by atoms with Gasteiger partial charge in [-0.1, -0.05) is 29.3 Å². The zero-order chi connectivity index (χ0) is 14.0. The van der Waals surface area contributed by atoms with Gasteiger partial charge in [-0.05, 0) is 42.8 Å². The summed E-state index contributed by atoms with van der Waals surface area (Å²) in [5.41, 5.74) is 1.40. The van der Waals surface area contributed by atoms with Gasteiger partial charge in [-0.15, -0.1) is 0 Å². The van der Waals surface area contributed by atoms with Crippen LogP contribution in [0.25, 0.3) is 0 Å². The molecule has 0 spiro atoms. The number of benzene rings is 2. The van der Waals surface area contributed by atoms with Crippen LogP contribution in [0.2, 0.25) is 10.0 Å². The number of anilines is 1. The van der Waals surface area contributed by atoms with Gasteiger partial charge >= 0.3 is 0 Å². The van der Waals surface area contributed by atoms with Gasteiger partial charge in [-0.25, -0.2) is 8.78 Å². The van der Waals surface area contributed by atoms with Gasteiger partial charge < -0.3 is 5.32 Å². The first-order valence-electron chi connectivity index (χ1n) is 5.64. The first-order valence-corrected chi connectivity index (χ1v) is 6.39. The van der Waals surface area contributed by atoms with Gasteiger partial charge in [-0.3, -0.25) is 0 Å². The quantitative estimate of drug-likeness (QED) is 0.795. The SMILES string of the molecule is CC(Nc1ccc(F)c(Cl)c1)c1ccc(Cl)c(F)c1. The fourth-order valence-electron chi connectivity index (χ4n) is 1.70. The summed E-state index contributed by atoms with van der Waals surface area (Å²) in [7, 11) is 0. The summed E-state index contributed by atoms with van der Waals surface area (Å²) in [6, 6.07) is 8.78. The molecule has 0 aliphatic carbocycles. The lowest BCUT2D eigenvalue weighted by molar-refractivity contribution is 0.624. The van der Waals surface area contributed by atoms with Crippen LogP contribution in [0.1, 0.15) is 18.5 Å². The summed E-state index contributed by atoms with van der Waals surface area (Å²) in [6.45, 7) is 1.86. The molecule has 0 radical (unpaired) electrons. The molecule has 1 atom stereocenters. The molecule has 0 aromatic heterocycles. The predicted molar refractivity (Wildman–Crippen MR) is 74.9 cm³/mol. The highest BCUT2D eigenvalue weighted by Gasteiger charge is 2.09. The predicted octanol–water partition coefficient (Wildman–Crippen LogP) is 5.44. The Bertz CT molecular complexity index is 602. The van der Waals surface area contributed by atoms with E-state index in [9.17, 15) is 8.78 Å². The second-order valence-electron chi connectivity index (χ2n) is 4.17. The molecule has 1 N–H and O–H groups in total. The van der Waals surface area contributed by atoms with E-state index in [1.165, 1.54) is 24.3 Å². The van der Waals surface area contributed by atoms with Crippen molar-refractivity contribution >= 4 is 28.9 Å². The molecule has 100 valence electrons. The van der Waals surface area contributed by atoms with E-state index in [2.05, 4.69) is 5.32 Å². The van der Waals surface area contributed by atoms with Gasteiger partial charge in [0.25, 0.3) is 0 Å². The zero-order valence-electron chi connectivity index (χ0n) is 10.1. The Balaban J connectivity index is 2.17. The molecule has 5 heteroatoms.